The highest BCUT2D eigenvalue weighted by Gasteiger charge is 2.28. The summed E-state index contributed by atoms with van der Waals surface area (Å²) in [6.07, 6.45) is -0.338. The van der Waals surface area contributed by atoms with Gasteiger partial charge in [0.1, 0.15) is 6.61 Å². The number of hydrogen-bond acceptors (Lipinski definition) is 6. The Bertz CT molecular complexity index is 614. The van der Waals surface area contributed by atoms with Crippen molar-refractivity contribution in [1.29, 1.82) is 0 Å². The Morgan fingerprint density at radius 3 is 2.76 bits per heavy atom. The van der Waals surface area contributed by atoms with Crippen LogP contribution < -0.4 is 14.8 Å². The molecule has 0 fully saturated rings. The highest BCUT2D eigenvalue weighted by molar-refractivity contribution is 5.40. The van der Waals surface area contributed by atoms with Gasteiger partial charge in [0.2, 0.25) is 11.7 Å². The van der Waals surface area contributed by atoms with Gasteiger partial charge in [-0.05, 0) is 26.1 Å². The van der Waals surface area contributed by atoms with Crippen molar-refractivity contribution >= 4 is 0 Å². The number of nitrogens with zero attached hydrogens (tertiary/aromatic N) is 2. The number of ether oxygens (including phenoxy) is 2. The summed E-state index contributed by atoms with van der Waals surface area (Å²) in [5.41, 5.74) is 0. The van der Waals surface area contributed by atoms with E-state index in [4.69, 9.17) is 14.0 Å². The second kappa shape index (κ2) is 5.73. The van der Waals surface area contributed by atoms with Crippen molar-refractivity contribution in [2.24, 2.45) is 0 Å². The molecule has 1 aromatic heterocycles. The Balaban J connectivity index is 1.76. The van der Waals surface area contributed by atoms with Crippen molar-refractivity contribution in [3.05, 3.63) is 36.0 Å². The quantitative estimate of drug-likeness (QED) is 0.931. The van der Waals surface area contributed by atoms with Gasteiger partial charge in [0.25, 0.3) is 0 Å². The largest absolute Gasteiger partial charge is 0.485 e. The van der Waals surface area contributed by atoms with Crippen molar-refractivity contribution in [2.45, 2.75) is 31.9 Å². The van der Waals surface area contributed by atoms with E-state index in [0.29, 0.717) is 24.1 Å². The first kappa shape index (κ1) is 13.9. The van der Waals surface area contributed by atoms with Gasteiger partial charge < -0.3 is 19.3 Å². The van der Waals surface area contributed by atoms with Crippen LogP contribution in [0.2, 0.25) is 0 Å². The average Bonchev–Trinajstić information content (AvgIpc) is 3.02. The maximum absolute atomic E-state index is 5.87. The van der Waals surface area contributed by atoms with Crippen LogP contribution in [0.4, 0.5) is 0 Å². The van der Waals surface area contributed by atoms with Crippen LogP contribution in [0, 0.1) is 0 Å². The minimum atomic E-state index is -0.338. The van der Waals surface area contributed by atoms with E-state index in [2.05, 4.69) is 22.4 Å². The van der Waals surface area contributed by atoms with Crippen LogP contribution in [0.25, 0.3) is 0 Å². The summed E-state index contributed by atoms with van der Waals surface area (Å²) in [6.45, 7) is 4.50. The molecule has 0 amide bonds. The van der Waals surface area contributed by atoms with Gasteiger partial charge in [0, 0.05) is 6.04 Å². The van der Waals surface area contributed by atoms with Gasteiger partial charge in [-0.2, -0.15) is 4.98 Å². The van der Waals surface area contributed by atoms with Crippen molar-refractivity contribution in [3.8, 4) is 11.5 Å². The normalized spacial score (nSPS) is 20.0. The molecule has 1 aliphatic rings. The van der Waals surface area contributed by atoms with Crippen LogP contribution >= 0.6 is 0 Å². The number of rotatable bonds is 4. The molecule has 0 bridgehead atoms. The zero-order valence-corrected chi connectivity index (χ0v) is 12.4. The molecular weight excluding hydrogens is 270 g/mol. The van der Waals surface area contributed by atoms with Gasteiger partial charge in [-0.25, -0.2) is 0 Å². The lowest BCUT2D eigenvalue weighted by Crippen LogP contribution is -2.27. The molecule has 3 rings (SSSR count). The van der Waals surface area contributed by atoms with Gasteiger partial charge in [-0.15, -0.1) is 0 Å². The highest BCUT2D eigenvalue weighted by atomic mass is 16.6. The van der Waals surface area contributed by atoms with Crippen molar-refractivity contribution in [3.63, 3.8) is 0 Å². The first-order valence-corrected chi connectivity index (χ1v) is 7.08. The molecule has 0 spiro atoms. The maximum Gasteiger partial charge on any atom is 0.231 e. The van der Waals surface area contributed by atoms with E-state index in [1.54, 1.807) is 0 Å². The number of nitrogens with one attached hydrogen (secondary N) is 1. The number of likely N-dealkylation sites (N-methyl/N-ethyl adjacent to an activating group) is 1. The Hall–Kier alpha value is -2.08. The van der Waals surface area contributed by atoms with Gasteiger partial charge >= 0.3 is 0 Å². The van der Waals surface area contributed by atoms with Crippen molar-refractivity contribution < 1.29 is 14.0 Å². The SMILES string of the molecule is CNC(C)C(C)c1nc(C2COc3ccccc3O2)no1. The van der Waals surface area contributed by atoms with E-state index in [1.807, 2.05) is 38.2 Å². The maximum atomic E-state index is 5.87. The van der Waals surface area contributed by atoms with Crippen LogP contribution in [0.5, 0.6) is 11.5 Å². The van der Waals surface area contributed by atoms with Crippen LogP contribution in [0.1, 0.15) is 37.6 Å². The van der Waals surface area contributed by atoms with E-state index in [0.717, 1.165) is 5.75 Å². The van der Waals surface area contributed by atoms with E-state index >= 15 is 0 Å². The number of para-hydroxylation sites is 2. The molecule has 3 atom stereocenters. The number of hydrogen-bond donors (Lipinski definition) is 1. The molecule has 1 aliphatic heterocycles. The molecule has 112 valence electrons. The van der Waals surface area contributed by atoms with E-state index < -0.39 is 0 Å². The highest BCUT2D eigenvalue weighted by Crippen LogP contribution is 2.35. The molecule has 0 saturated carbocycles. The van der Waals surface area contributed by atoms with Gasteiger partial charge in [0.05, 0.1) is 5.92 Å². The Morgan fingerprint density at radius 2 is 2.00 bits per heavy atom. The Morgan fingerprint density at radius 1 is 1.24 bits per heavy atom. The summed E-state index contributed by atoms with van der Waals surface area (Å²) in [5.74, 6) is 2.71. The minimum Gasteiger partial charge on any atom is -0.485 e. The molecule has 3 unspecified atom stereocenters. The standard InChI is InChI=1S/C15H19N3O3/c1-9(10(2)16-3)15-17-14(18-21-15)13-8-19-11-6-4-5-7-12(11)20-13/h4-7,9-10,13,16H,8H2,1-3H3. The first-order valence-electron chi connectivity index (χ1n) is 7.08. The monoisotopic (exact) mass is 289 g/mol. The van der Waals surface area contributed by atoms with E-state index in [1.165, 1.54) is 0 Å². The topological polar surface area (TPSA) is 69.4 Å². The molecule has 1 N–H and O–H groups in total. The third-order valence-electron chi connectivity index (χ3n) is 3.85. The number of fused-ring (bicyclic) bond motifs is 1. The Labute approximate surface area is 123 Å². The van der Waals surface area contributed by atoms with Crippen LogP contribution in [0.3, 0.4) is 0 Å². The molecule has 21 heavy (non-hydrogen) atoms. The summed E-state index contributed by atoms with van der Waals surface area (Å²) in [5, 5.41) is 7.21. The van der Waals surface area contributed by atoms with E-state index in [-0.39, 0.29) is 18.1 Å². The first-order chi connectivity index (χ1) is 10.2. The molecule has 6 heteroatoms. The molecule has 2 heterocycles. The molecule has 0 saturated heterocycles. The van der Waals surface area contributed by atoms with Gasteiger partial charge in [-0.1, -0.05) is 24.2 Å². The lowest BCUT2D eigenvalue weighted by Gasteiger charge is -2.24. The van der Waals surface area contributed by atoms with Crippen LogP contribution in [0.15, 0.2) is 28.8 Å². The zero-order chi connectivity index (χ0) is 14.8. The van der Waals surface area contributed by atoms with Gasteiger partial charge in [-0.3, -0.25) is 0 Å². The predicted octanol–water partition coefficient (Wildman–Crippen LogP) is 2.29. The van der Waals surface area contributed by atoms with Gasteiger partial charge in [0.15, 0.2) is 17.6 Å². The minimum absolute atomic E-state index is 0.132. The summed E-state index contributed by atoms with van der Waals surface area (Å²) >= 11 is 0. The second-order valence-corrected chi connectivity index (χ2v) is 5.22. The second-order valence-electron chi connectivity index (χ2n) is 5.22. The van der Waals surface area contributed by atoms with Crippen LogP contribution in [-0.2, 0) is 0 Å². The van der Waals surface area contributed by atoms with Crippen LogP contribution in [-0.4, -0.2) is 29.8 Å². The lowest BCUT2D eigenvalue weighted by atomic mass is 10.0. The van der Waals surface area contributed by atoms with Crippen molar-refractivity contribution in [2.75, 3.05) is 13.7 Å². The molecular formula is C15H19N3O3. The number of aromatic nitrogens is 2. The summed E-state index contributed by atoms with van der Waals surface area (Å²) < 4.78 is 16.9. The average molecular weight is 289 g/mol. The fourth-order valence-corrected chi connectivity index (χ4v) is 2.17. The molecule has 6 nitrogen and oxygen atoms in total. The predicted molar refractivity (Wildman–Crippen MR) is 76.5 cm³/mol. The molecule has 1 aromatic carbocycles. The third kappa shape index (κ3) is 2.71. The van der Waals surface area contributed by atoms with Crippen molar-refractivity contribution in [1.82, 2.24) is 15.5 Å². The summed E-state index contributed by atoms with van der Waals surface area (Å²) in [7, 11) is 1.91. The summed E-state index contributed by atoms with van der Waals surface area (Å²) in [6, 6.07) is 7.82. The lowest BCUT2D eigenvalue weighted by molar-refractivity contribution is 0.0832. The third-order valence-corrected chi connectivity index (χ3v) is 3.85. The fraction of sp³-hybridized carbons (Fsp3) is 0.467. The zero-order valence-electron chi connectivity index (χ0n) is 12.4. The Kier molecular flexibility index (Phi) is 3.79. The smallest absolute Gasteiger partial charge is 0.231 e. The fourth-order valence-electron chi connectivity index (χ4n) is 2.17. The summed E-state index contributed by atoms with van der Waals surface area (Å²) in [4.78, 5) is 4.45. The molecule has 0 radical (unpaired) electrons. The number of benzene rings is 1. The van der Waals surface area contributed by atoms with E-state index in [9.17, 15) is 0 Å². The molecule has 0 aliphatic carbocycles. The molecule has 2 aromatic rings.